The summed E-state index contributed by atoms with van der Waals surface area (Å²) in [5.41, 5.74) is -5.00. The molecule has 0 heterocycles. The molecule has 0 spiro atoms. The van der Waals surface area contributed by atoms with Crippen molar-refractivity contribution in [1.29, 1.82) is 0 Å². The molecule has 1 N–H and O–H groups in total. The first kappa shape index (κ1) is 14.6. The lowest BCUT2D eigenvalue weighted by Crippen LogP contribution is -2.16. The monoisotopic (exact) mass is 292 g/mol. The van der Waals surface area contributed by atoms with Crippen LogP contribution in [-0.4, -0.2) is 11.1 Å². The third kappa shape index (κ3) is 2.87. The van der Waals surface area contributed by atoms with Crippen LogP contribution in [0.3, 0.4) is 0 Å². The molecule has 0 aliphatic heterocycles. The van der Waals surface area contributed by atoms with Crippen LogP contribution >= 0.6 is 11.6 Å². The molecule has 0 bridgehead atoms. The molecule has 18 heavy (non-hydrogen) atoms. The highest BCUT2D eigenvalue weighted by atomic mass is 35.5. The Morgan fingerprint density at radius 2 is 1.56 bits per heavy atom. The number of alkyl halides is 6. The molecular formula is C9H3ClF6O2. The number of hydrogen-bond donors (Lipinski definition) is 1. The summed E-state index contributed by atoms with van der Waals surface area (Å²) in [5.74, 6) is -2.05. The molecule has 0 aliphatic rings. The molecular weight excluding hydrogens is 290 g/mol. The molecule has 0 unspecified atom stereocenters. The van der Waals surface area contributed by atoms with Gasteiger partial charge in [0.25, 0.3) is 0 Å². The van der Waals surface area contributed by atoms with E-state index in [-0.39, 0.29) is 12.1 Å². The number of benzene rings is 1. The molecule has 0 saturated heterocycles. The van der Waals surface area contributed by atoms with Crippen LogP contribution in [-0.2, 0) is 12.4 Å². The molecule has 0 atom stereocenters. The number of hydrogen-bond acceptors (Lipinski definition) is 1. The van der Waals surface area contributed by atoms with Gasteiger partial charge in [-0.25, -0.2) is 4.79 Å². The van der Waals surface area contributed by atoms with E-state index >= 15 is 0 Å². The highest BCUT2D eigenvalue weighted by Gasteiger charge is 2.40. The van der Waals surface area contributed by atoms with E-state index in [1.807, 2.05) is 0 Å². The van der Waals surface area contributed by atoms with E-state index in [0.717, 1.165) is 0 Å². The Balaban J connectivity index is 3.64. The van der Waals surface area contributed by atoms with Crippen molar-refractivity contribution in [1.82, 2.24) is 0 Å². The number of rotatable bonds is 1. The van der Waals surface area contributed by atoms with Crippen LogP contribution in [0.15, 0.2) is 12.1 Å². The Hall–Kier alpha value is -1.44. The van der Waals surface area contributed by atoms with Gasteiger partial charge in [-0.15, -0.1) is 0 Å². The maximum atomic E-state index is 12.5. The fraction of sp³-hybridized carbons (Fsp3) is 0.222. The van der Waals surface area contributed by atoms with Crippen LogP contribution in [0, 0.1) is 0 Å². The second-order valence-corrected chi connectivity index (χ2v) is 3.59. The van der Waals surface area contributed by atoms with E-state index in [1.165, 1.54) is 0 Å². The average molecular weight is 293 g/mol. The van der Waals surface area contributed by atoms with Crippen molar-refractivity contribution in [2.75, 3.05) is 0 Å². The van der Waals surface area contributed by atoms with Gasteiger partial charge in [0.1, 0.15) is 0 Å². The highest BCUT2D eigenvalue weighted by molar-refractivity contribution is 6.33. The standard InChI is InChI=1S/C9H3ClF6O2/c10-5-2-3(8(11,12)13)1-4(9(14,15)16)6(5)7(17)18/h1-2H,(H,17,18). The quantitative estimate of drug-likeness (QED) is 0.792. The second kappa shape index (κ2) is 4.34. The molecule has 9 heteroatoms. The lowest BCUT2D eigenvalue weighted by Gasteiger charge is -2.15. The zero-order valence-corrected chi connectivity index (χ0v) is 8.91. The van der Waals surface area contributed by atoms with Gasteiger partial charge in [-0.1, -0.05) is 11.6 Å². The Labute approximate surface area is 101 Å². The predicted octanol–water partition coefficient (Wildman–Crippen LogP) is 4.08. The Kier molecular flexibility index (Phi) is 3.53. The number of carboxylic acid groups (broad SMARTS) is 1. The van der Waals surface area contributed by atoms with Gasteiger partial charge < -0.3 is 5.11 Å². The molecule has 1 aromatic carbocycles. The number of carboxylic acids is 1. The second-order valence-electron chi connectivity index (χ2n) is 3.18. The molecule has 0 aromatic heterocycles. The van der Waals surface area contributed by atoms with E-state index in [0.29, 0.717) is 0 Å². The summed E-state index contributed by atoms with van der Waals surface area (Å²) in [6.07, 6.45) is -10.3. The summed E-state index contributed by atoms with van der Waals surface area (Å²) in [6, 6.07) is -0.143. The zero-order chi connectivity index (χ0) is 14.3. The summed E-state index contributed by atoms with van der Waals surface area (Å²) in [4.78, 5) is 10.6. The van der Waals surface area contributed by atoms with Gasteiger partial charge in [0, 0.05) is 0 Å². The van der Waals surface area contributed by atoms with E-state index in [4.69, 9.17) is 16.7 Å². The number of halogens is 7. The first-order valence-corrected chi connectivity index (χ1v) is 4.53. The topological polar surface area (TPSA) is 37.3 Å². The third-order valence-corrected chi connectivity index (χ3v) is 2.23. The van der Waals surface area contributed by atoms with E-state index in [9.17, 15) is 31.1 Å². The van der Waals surface area contributed by atoms with E-state index < -0.39 is 40.0 Å². The van der Waals surface area contributed by atoms with Gasteiger partial charge in [0.05, 0.1) is 21.7 Å². The van der Waals surface area contributed by atoms with Crippen LogP contribution in [0.5, 0.6) is 0 Å². The van der Waals surface area contributed by atoms with Gasteiger partial charge >= 0.3 is 18.3 Å². The van der Waals surface area contributed by atoms with Crippen molar-refractivity contribution in [2.24, 2.45) is 0 Å². The number of carbonyl (C=O) groups is 1. The molecule has 0 fully saturated rings. The molecule has 1 aromatic rings. The predicted molar refractivity (Wildman–Crippen MR) is 48.4 cm³/mol. The number of aromatic carboxylic acids is 1. The maximum Gasteiger partial charge on any atom is 0.417 e. The van der Waals surface area contributed by atoms with Gasteiger partial charge in [-0.2, -0.15) is 26.3 Å². The fourth-order valence-corrected chi connectivity index (χ4v) is 1.51. The normalized spacial score (nSPS) is 12.6. The van der Waals surface area contributed by atoms with Gasteiger partial charge in [0.2, 0.25) is 0 Å². The maximum absolute atomic E-state index is 12.5. The Bertz CT molecular complexity index is 491. The largest absolute Gasteiger partial charge is 0.478 e. The zero-order valence-electron chi connectivity index (χ0n) is 8.16. The van der Waals surface area contributed by atoms with Crippen molar-refractivity contribution in [3.05, 3.63) is 33.8 Å². The molecule has 0 amide bonds. The molecule has 0 saturated carbocycles. The van der Waals surface area contributed by atoms with E-state index in [1.54, 1.807) is 0 Å². The Morgan fingerprint density at radius 1 is 1.06 bits per heavy atom. The summed E-state index contributed by atoms with van der Waals surface area (Å²) < 4.78 is 74.3. The third-order valence-electron chi connectivity index (χ3n) is 1.94. The fourth-order valence-electron chi connectivity index (χ4n) is 1.21. The minimum atomic E-state index is -5.25. The van der Waals surface area contributed by atoms with Crippen molar-refractivity contribution in [2.45, 2.75) is 12.4 Å². The Morgan fingerprint density at radius 3 is 1.89 bits per heavy atom. The summed E-state index contributed by atoms with van der Waals surface area (Å²) >= 11 is 5.16. The van der Waals surface area contributed by atoms with Crippen LogP contribution in [0.4, 0.5) is 26.3 Å². The molecule has 2 nitrogen and oxygen atoms in total. The van der Waals surface area contributed by atoms with E-state index in [2.05, 4.69) is 0 Å². The molecule has 100 valence electrons. The SMILES string of the molecule is O=C(O)c1c(Cl)cc(C(F)(F)F)cc1C(F)(F)F. The highest BCUT2D eigenvalue weighted by Crippen LogP contribution is 2.40. The summed E-state index contributed by atoms with van der Waals surface area (Å²) in [5, 5.41) is 7.42. The van der Waals surface area contributed by atoms with Crippen LogP contribution in [0.25, 0.3) is 0 Å². The smallest absolute Gasteiger partial charge is 0.417 e. The summed E-state index contributed by atoms with van der Waals surface area (Å²) in [7, 11) is 0. The first-order valence-electron chi connectivity index (χ1n) is 4.16. The van der Waals surface area contributed by atoms with Crippen LogP contribution in [0.1, 0.15) is 21.5 Å². The first-order chi connectivity index (χ1) is 7.94. The van der Waals surface area contributed by atoms with Crippen molar-refractivity contribution < 1.29 is 36.2 Å². The van der Waals surface area contributed by atoms with Crippen LogP contribution < -0.4 is 0 Å². The van der Waals surface area contributed by atoms with Gasteiger partial charge in [-0.3, -0.25) is 0 Å². The molecule has 1 rings (SSSR count). The molecule has 0 aliphatic carbocycles. The lowest BCUT2D eigenvalue weighted by molar-refractivity contribution is -0.143. The van der Waals surface area contributed by atoms with Gasteiger partial charge in [-0.05, 0) is 12.1 Å². The average Bonchev–Trinajstić information content (AvgIpc) is 2.12. The molecule has 0 radical (unpaired) electrons. The van der Waals surface area contributed by atoms with Gasteiger partial charge in [0.15, 0.2) is 0 Å². The van der Waals surface area contributed by atoms with Crippen molar-refractivity contribution >= 4 is 17.6 Å². The minimum absolute atomic E-state index is 0.139. The van der Waals surface area contributed by atoms with Crippen molar-refractivity contribution in [3.63, 3.8) is 0 Å². The lowest BCUT2D eigenvalue weighted by atomic mass is 10.0. The minimum Gasteiger partial charge on any atom is -0.478 e. The summed E-state index contributed by atoms with van der Waals surface area (Å²) in [6.45, 7) is 0. The van der Waals surface area contributed by atoms with Crippen molar-refractivity contribution in [3.8, 4) is 0 Å². The van der Waals surface area contributed by atoms with Crippen LogP contribution in [0.2, 0.25) is 5.02 Å².